The first-order valence-electron chi connectivity index (χ1n) is 4.67. The molecular weight excluding hydrogens is 209 g/mol. The molecule has 3 N–H and O–H groups in total. The van der Waals surface area contributed by atoms with E-state index in [1.54, 1.807) is 25.1 Å². The summed E-state index contributed by atoms with van der Waals surface area (Å²) in [5.74, 6) is -0.444. The molecule has 1 heterocycles. The van der Waals surface area contributed by atoms with Crippen LogP contribution in [0.4, 0.5) is 4.39 Å². The van der Waals surface area contributed by atoms with Gasteiger partial charge in [0.1, 0.15) is 11.5 Å². The molecule has 2 aromatic rings. The number of benzene rings is 1. The van der Waals surface area contributed by atoms with Gasteiger partial charge in [-0.1, -0.05) is 17.3 Å². The Morgan fingerprint density at radius 2 is 2.12 bits per heavy atom. The molecule has 0 fully saturated rings. The van der Waals surface area contributed by atoms with Crippen molar-refractivity contribution in [1.82, 2.24) is 4.98 Å². The first-order chi connectivity index (χ1) is 7.65. The Hall–Kier alpha value is -2.17. The Kier molecular flexibility index (Phi) is 2.44. The quantitative estimate of drug-likeness (QED) is 0.332. The fourth-order valence-electron chi connectivity index (χ4n) is 1.58. The van der Waals surface area contributed by atoms with Crippen LogP contribution in [0.1, 0.15) is 11.3 Å². The molecule has 5 heteroatoms. The van der Waals surface area contributed by atoms with E-state index in [2.05, 4.69) is 10.1 Å². The highest BCUT2D eigenvalue weighted by molar-refractivity contribution is 6.07. The standard InChI is InChI=1S/C11H10FN3O/c1-6-2-3-8-7(9(6)12)4-5-14-10(8)11(13)15-16/h2-5,16H,1H3,(H2,13,15). The predicted molar refractivity (Wildman–Crippen MR) is 58.9 cm³/mol. The SMILES string of the molecule is Cc1ccc2c(/C(N)=N\O)nccc2c1F. The molecule has 0 aliphatic heterocycles. The molecule has 0 saturated heterocycles. The Balaban J connectivity index is 2.85. The Morgan fingerprint density at radius 3 is 2.81 bits per heavy atom. The van der Waals surface area contributed by atoms with Crippen molar-refractivity contribution >= 4 is 16.6 Å². The maximum absolute atomic E-state index is 13.8. The minimum absolute atomic E-state index is 0.131. The van der Waals surface area contributed by atoms with E-state index in [1.165, 1.54) is 6.20 Å². The smallest absolute Gasteiger partial charge is 0.189 e. The maximum Gasteiger partial charge on any atom is 0.189 e. The zero-order valence-corrected chi connectivity index (χ0v) is 8.61. The highest BCUT2D eigenvalue weighted by atomic mass is 19.1. The topological polar surface area (TPSA) is 71.5 Å². The zero-order chi connectivity index (χ0) is 11.7. The van der Waals surface area contributed by atoms with Crippen molar-refractivity contribution in [2.24, 2.45) is 10.9 Å². The third-order valence-electron chi connectivity index (χ3n) is 2.42. The number of rotatable bonds is 1. The molecule has 1 aromatic carbocycles. The number of halogens is 1. The number of hydrogen-bond acceptors (Lipinski definition) is 3. The van der Waals surface area contributed by atoms with Crippen molar-refractivity contribution in [1.29, 1.82) is 0 Å². The van der Waals surface area contributed by atoms with Crippen molar-refractivity contribution in [2.75, 3.05) is 0 Å². The molecule has 0 unspecified atom stereocenters. The summed E-state index contributed by atoms with van der Waals surface area (Å²) in [5.41, 5.74) is 6.29. The van der Waals surface area contributed by atoms with Crippen LogP contribution < -0.4 is 5.73 Å². The van der Waals surface area contributed by atoms with Crippen LogP contribution in [-0.2, 0) is 0 Å². The summed E-state index contributed by atoms with van der Waals surface area (Å²) in [5, 5.41) is 12.4. The number of hydrogen-bond donors (Lipinski definition) is 2. The molecule has 2 rings (SSSR count). The van der Waals surface area contributed by atoms with Crippen molar-refractivity contribution in [3.8, 4) is 0 Å². The van der Waals surface area contributed by atoms with E-state index < -0.39 is 0 Å². The van der Waals surface area contributed by atoms with Gasteiger partial charge in [0.15, 0.2) is 5.84 Å². The molecule has 0 radical (unpaired) electrons. The van der Waals surface area contributed by atoms with Gasteiger partial charge < -0.3 is 10.9 Å². The van der Waals surface area contributed by atoms with Crippen molar-refractivity contribution in [2.45, 2.75) is 6.92 Å². The van der Waals surface area contributed by atoms with E-state index in [4.69, 9.17) is 10.9 Å². The predicted octanol–water partition coefficient (Wildman–Crippen LogP) is 1.78. The lowest BCUT2D eigenvalue weighted by Crippen LogP contribution is -2.15. The van der Waals surface area contributed by atoms with E-state index in [0.29, 0.717) is 16.3 Å². The number of aryl methyl sites for hydroxylation is 1. The van der Waals surface area contributed by atoms with Crippen LogP contribution >= 0.6 is 0 Å². The molecule has 0 spiro atoms. The summed E-state index contributed by atoms with van der Waals surface area (Å²) in [7, 11) is 0. The summed E-state index contributed by atoms with van der Waals surface area (Å²) < 4.78 is 13.8. The number of aromatic nitrogens is 1. The molecule has 0 saturated carbocycles. The molecule has 4 nitrogen and oxygen atoms in total. The van der Waals surface area contributed by atoms with Crippen LogP contribution in [0.3, 0.4) is 0 Å². The van der Waals surface area contributed by atoms with Crippen LogP contribution in [0.25, 0.3) is 10.8 Å². The fraction of sp³-hybridized carbons (Fsp3) is 0.0909. The lowest BCUT2D eigenvalue weighted by atomic mass is 10.1. The van der Waals surface area contributed by atoms with E-state index in [-0.39, 0.29) is 17.3 Å². The van der Waals surface area contributed by atoms with Gasteiger partial charge in [0.05, 0.1) is 0 Å². The van der Waals surface area contributed by atoms with E-state index in [1.807, 2.05) is 0 Å². The summed E-state index contributed by atoms with van der Waals surface area (Å²) in [4.78, 5) is 3.97. The number of nitrogens with zero attached hydrogens (tertiary/aromatic N) is 2. The molecule has 0 aliphatic carbocycles. The van der Waals surface area contributed by atoms with Crippen LogP contribution in [0.2, 0.25) is 0 Å². The first-order valence-corrected chi connectivity index (χ1v) is 4.67. The largest absolute Gasteiger partial charge is 0.409 e. The van der Waals surface area contributed by atoms with Gasteiger partial charge in [0.25, 0.3) is 0 Å². The average molecular weight is 219 g/mol. The molecule has 0 amide bonds. The third kappa shape index (κ3) is 1.46. The number of oxime groups is 1. The van der Waals surface area contributed by atoms with E-state index >= 15 is 0 Å². The highest BCUT2D eigenvalue weighted by Crippen LogP contribution is 2.22. The first kappa shape index (κ1) is 10.4. The zero-order valence-electron chi connectivity index (χ0n) is 8.61. The van der Waals surface area contributed by atoms with Crippen LogP contribution in [0, 0.1) is 12.7 Å². The summed E-state index contributed by atoms with van der Waals surface area (Å²) in [6, 6.07) is 4.90. The summed E-state index contributed by atoms with van der Waals surface area (Å²) in [6.45, 7) is 1.68. The van der Waals surface area contributed by atoms with Gasteiger partial charge in [-0.25, -0.2) is 4.39 Å². The maximum atomic E-state index is 13.8. The molecule has 82 valence electrons. The monoisotopic (exact) mass is 219 g/mol. The van der Waals surface area contributed by atoms with Gasteiger partial charge in [-0.15, -0.1) is 0 Å². The summed E-state index contributed by atoms with van der Waals surface area (Å²) >= 11 is 0. The Bertz CT molecular complexity index is 581. The third-order valence-corrected chi connectivity index (χ3v) is 2.42. The van der Waals surface area contributed by atoms with Gasteiger partial charge in [-0.2, -0.15) is 0 Å². The second-order valence-corrected chi connectivity index (χ2v) is 3.44. The van der Waals surface area contributed by atoms with Gasteiger partial charge in [0, 0.05) is 17.0 Å². The average Bonchev–Trinajstić information content (AvgIpc) is 2.32. The second-order valence-electron chi connectivity index (χ2n) is 3.44. The summed E-state index contributed by atoms with van der Waals surface area (Å²) in [6.07, 6.45) is 1.43. The number of nitrogens with two attached hydrogens (primary N) is 1. The van der Waals surface area contributed by atoms with Gasteiger partial charge in [-0.05, 0) is 18.6 Å². The van der Waals surface area contributed by atoms with E-state index in [9.17, 15) is 4.39 Å². The fourth-order valence-corrected chi connectivity index (χ4v) is 1.58. The molecule has 0 bridgehead atoms. The van der Waals surface area contributed by atoms with Crippen LogP contribution in [-0.4, -0.2) is 16.0 Å². The Labute approximate surface area is 91.2 Å². The molecule has 0 aliphatic rings. The van der Waals surface area contributed by atoms with Crippen LogP contribution in [0.5, 0.6) is 0 Å². The van der Waals surface area contributed by atoms with Gasteiger partial charge in [0.2, 0.25) is 0 Å². The number of pyridine rings is 1. The van der Waals surface area contributed by atoms with E-state index in [0.717, 1.165) is 0 Å². The lowest BCUT2D eigenvalue weighted by molar-refractivity contribution is 0.318. The van der Waals surface area contributed by atoms with Crippen molar-refractivity contribution in [3.05, 3.63) is 41.5 Å². The second kappa shape index (κ2) is 3.77. The molecule has 1 aromatic heterocycles. The van der Waals surface area contributed by atoms with Gasteiger partial charge >= 0.3 is 0 Å². The van der Waals surface area contributed by atoms with Crippen molar-refractivity contribution < 1.29 is 9.60 Å². The lowest BCUT2D eigenvalue weighted by Gasteiger charge is -2.06. The minimum atomic E-state index is -0.313. The highest BCUT2D eigenvalue weighted by Gasteiger charge is 2.10. The minimum Gasteiger partial charge on any atom is -0.409 e. The normalized spacial score (nSPS) is 12.0. The van der Waals surface area contributed by atoms with Gasteiger partial charge in [-0.3, -0.25) is 4.98 Å². The molecule has 16 heavy (non-hydrogen) atoms. The number of fused-ring (bicyclic) bond motifs is 1. The van der Waals surface area contributed by atoms with Crippen LogP contribution in [0.15, 0.2) is 29.6 Å². The number of amidine groups is 1. The molecule has 0 atom stereocenters. The molecular formula is C11H10FN3O. The Morgan fingerprint density at radius 1 is 1.38 bits per heavy atom. The van der Waals surface area contributed by atoms with Crippen molar-refractivity contribution in [3.63, 3.8) is 0 Å².